The maximum absolute atomic E-state index is 15.0. The molecule has 0 aromatic heterocycles. The summed E-state index contributed by atoms with van der Waals surface area (Å²) in [5.41, 5.74) is 4.34. The van der Waals surface area contributed by atoms with Gasteiger partial charge in [0.2, 0.25) is 0 Å². The quantitative estimate of drug-likeness (QED) is 0.102. The first-order chi connectivity index (χ1) is 28.7. The van der Waals surface area contributed by atoms with Gasteiger partial charge < -0.3 is 25.2 Å². The van der Waals surface area contributed by atoms with Crippen molar-refractivity contribution in [3.05, 3.63) is 167 Å². The van der Waals surface area contributed by atoms with Gasteiger partial charge in [-0.1, -0.05) is 116 Å². The lowest BCUT2D eigenvalue weighted by atomic mass is 9.64. The van der Waals surface area contributed by atoms with E-state index in [2.05, 4.69) is 30.0 Å². The number of ketones is 1. The van der Waals surface area contributed by atoms with Crippen LogP contribution in [0.2, 0.25) is 0 Å². The smallest absolute Gasteiger partial charge is 0.406 e. The molecular formula is C50H51F3N2O5. The molecule has 312 valence electrons. The Morgan fingerprint density at radius 2 is 1.53 bits per heavy atom. The molecule has 3 aliphatic rings. The number of aliphatic hydroxyl groups is 2. The van der Waals surface area contributed by atoms with Gasteiger partial charge in [-0.2, -0.15) is 0 Å². The topological polar surface area (TPSA) is 99.1 Å². The number of aliphatic hydroxyl groups excluding tert-OH is 1. The molecule has 1 saturated carbocycles. The molecule has 2 bridgehead atoms. The summed E-state index contributed by atoms with van der Waals surface area (Å²) in [6, 6.07) is 37.1. The van der Waals surface area contributed by atoms with Gasteiger partial charge >= 0.3 is 12.4 Å². The molecule has 3 N–H and O–H groups in total. The summed E-state index contributed by atoms with van der Waals surface area (Å²) >= 11 is 0. The Kier molecular flexibility index (Phi) is 12.6. The van der Waals surface area contributed by atoms with Crippen LogP contribution >= 0.6 is 0 Å². The number of allylic oxidation sites excluding steroid dienone is 2. The number of alkyl halides is 3. The summed E-state index contributed by atoms with van der Waals surface area (Å²) in [5.74, 6) is -0.835. The van der Waals surface area contributed by atoms with E-state index in [-0.39, 0.29) is 30.5 Å². The zero-order valence-electron chi connectivity index (χ0n) is 33.9. The van der Waals surface area contributed by atoms with Gasteiger partial charge in [-0.3, -0.25) is 4.79 Å². The van der Waals surface area contributed by atoms with E-state index in [1.165, 1.54) is 29.2 Å². The Balaban J connectivity index is 1.30. The van der Waals surface area contributed by atoms with Crippen LogP contribution in [0.4, 0.5) is 23.7 Å². The molecule has 10 heteroatoms. The Morgan fingerprint density at radius 3 is 2.25 bits per heavy atom. The van der Waals surface area contributed by atoms with Gasteiger partial charge in [0.15, 0.2) is 5.78 Å². The molecule has 2 amide bonds. The predicted octanol–water partition coefficient (Wildman–Crippen LogP) is 11.3. The van der Waals surface area contributed by atoms with Gasteiger partial charge in [-0.05, 0) is 116 Å². The predicted molar refractivity (Wildman–Crippen MR) is 228 cm³/mol. The summed E-state index contributed by atoms with van der Waals surface area (Å²) in [7, 11) is 0. The molecule has 5 aromatic rings. The number of fused-ring (bicyclic) bond motifs is 8. The zero-order chi connectivity index (χ0) is 42.5. The average molecular weight is 817 g/mol. The number of rotatable bonds is 9. The fraction of sp³-hybridized carbons (Fsp3) is 0.320. The number of para-hydroxylation sites is 1. The van der Waals surface area contributed by atoms with Gasteiger partial charge in [-0.25, -0.2) is 4.79 Å². The lowest BCUT2D eigenvalue weighted by Gasteiger charge is -2.46. The number of anilines is 1. The number of carbonyl (C=O) groups is 2. The second-order valence-electron chi connectivity index (χ2n) is 16.5. The standard InChI is InChI=1S/C50H51F3N2O5/c1-34-12-11-28-48(2)45(42-26-22-36(30-39(56)23-19-34)31-44(42)46(57)43-18-10-9-17-41(43)37-13-5-3-6-14-37)27-29-49(48,59)33-55(47(58)54-38-15-7-4-8-16-38)32-35-20-24-40(25-21-35)60-50(51,52)53/h3-10,12-18,20-22,24-26,31,39,45,56,59H,11,19,23,27-30,32-33H2,1-2H3,(H,54,58)/t39-,45-,48-,49+/m0/s1. The maximum atomic E-state index is 15.0. The number of urea groups is 1. The third-order valence-electron chi connectivity index (χ3n) is 12.5. The fourth-order valence-electron chi connectivity index (χ4n) is 9.15. The van der Waals surface area contributed by atoms with Gasteiger partial charge in [-0.15, -0.1) is 13.2 Å². The van der Waals surface area contributed by atoms with Crippen molar-refractivity contribution in [3.8, 4) is 16.9 Å². The number of nitrogens with zero attached hydrogens (tertiary/aromatic N) is 1. The molecule has 7 nitrogen and oxygen atoms in total. The minimum absolute atomic E-state index is 0.00986. The number of benzene rings is 5. The van der Waals surface area contributed by atoms with E-state index in [1.54, 1.807) is 24.3 Å². The van der Waals surface area contributed by atoms with Crippen LogP contribution in [0.1, 0.15) is 90.9 Å². The van der Waals surface area contributed by atoms with E-state index in [1.807, 2.05) is 78.9 Å². The third kappa shape index (κ3) is 9.67. The highest BCUT2D eigenvalue weighted by molar-refractivity contribution is 6.14. The summed E-state index contributed by atoms with van der Waals surface area (Å²) in [5, 5.41) is 27.2. The van der Waals surface area contributed by atoms with Crippen molar-refractivity contribution < 1.29 is 37.7 Å². The van der Waals surface area contributed by atoms with E-state index < -0.39 is 29.5 Å². The zero-order valence-corrected chi connectivity index (χ0v) is 33.9. The number of hydrogen-bond acceptors (Lipinski definition) is 5. The first-order valence-electron chi connectivity index (χ1n) is 20.5. The molecule has 0 saturated heterocycles. The minimum Gasteiger partial charge on any atom is -0.406 e. The van der Waals surface area contributed by atoms with Crippen molar-refractivity contribution in [2.45, 2.75) is 89.3 Å². The van der Waals surface area contributed by atoms with Gasteiger partial charge in [0.1, 0.15) is 5.75 Å². The molecule has 0 aliphatic heterocycles. The average Bonchev–Trinajstić information content (AvgIpc) is 3.48. The normalized spacial score (nSPS) is 21.9. The molecular weight excluding hydrogens is 766 g/mol. The van der Waals surface area contributed by atoms with E-state index in [9.17, 15) is 28.2 Å². The second-order valence-corrected chi connectivity index (χ2v) is 16.5. The van der Waals surface area contributed by atoms with Crippen LogP contribution in [0.25, 0.3) is 11.1 Å². The van der Waals surface area contributed by atoms with Crippen LogP contribution in [0.15, 0.2) is 139 Å². The van der Waals surface area contributed by atoms with Gasteiger partial charge in [0.05, 0.1) is 18.2 Å². The molecule has 0 spiro atoms. The number of nitrogens with one attached hydrogen (secondary N) is 1. The lowest BCUT2D eigenvalue weighted by molar-refractivity contribution is -0.274. The summed E-state index contributed by atoms with van der Waals surface area (Å²) in [6.45, 7) is 4.01. The number of hydrogen-bond donors (Lipinski definition) is 3. The number of ether oxygens (including phenoxy) is 1. The van der Waals surface area contributed by atoms with Crippen molar-refractivity contribution in [2.24, 2.45) is 5.41 Å². The molecule has 0 radical (unpaired) electrons. The number of halogens is 3. The molecule has 1 fully saturated rings. The SMILES string of the molecule is CC1=CCC[C@@]2(C)[C@@H](CC[C@@]2(O)CN(Cc2ccc(OC(F)(F)F)cc2)C(=O)Nc2ccccc2)c2ccc(cc2C(=O)c2ccccc2-c2ccccc2)C[C@@H](O)CC1. The number of carbonyl (C=O) groups excluding carboxylic acids is 2. The van der Waals surface area contributed by atoms with Crippen molar-refractivity contribution in [1.29, 1.82) is 0 Å². The molecule has 0 heterocycles. The molecule has 5 aromatic carbocycles. The van der Waals surface area contributed by atoms with Crippen molar-refractivity contribution in [1.82, 2.24) is 4.90 Å². The molecule has 3 aliphatic carbocycles. The first-order valence-corrected chi connectivity index (χ1v) is 20.5. The highest BCUT2D eigenvalue weighted by Crippen LogP contribution is 2.59. The molecule has 0 unspecified atom stereocenters. The Bertz CT molecular complexity index is 2310. The minimum atomic E-state index is -4.85. The lowest BCUT2D eigenvalue weighted by Crippen LogP contribution is -2.54. The third-order valence-corrected chi connectivity index (χ3v) is 12.5. The van der Waals surface area contributed by atoms with E-state index >= 15 is 4.79 Å². The van der Waals surface area contributed by atoms with Crippen molar-refractivity contribution in [2.75, 3.05) is 11.9 Å². The fourth-order valence-corrected chi connectivity index (χ4v) is 9.15. The Hall–Kier alpha value is -5.71. The maximum Gasteiger partial charge on any atom is 0.573 e. The first kappa shape index (κ1) is 42.4. The van der Waals surface area contributed by atoms with Crippen molar-refractivity contribution >= 4 is 17.5 Å². The molecule has 4 atom stereocenters. The van der Waals surface area contributed by atoms with Gasteiger partial charge in [0.25, 0.3) is 0 Å². The Morgan fingerprint density at radius 1 is 0.850 bits per heavy atom. The van der Waals surface area contributed by atoms with E-state index in [0.717, 1.165) is 27.8 Å². The Labute approximate surface area is 349 Å². The summed E-state index contributed by atoms with van der Waals surface area (Å²) in [4.78, 5) is 30.8. The van der Waals surface area contributed by atoms with Gasteiger partial charge in [0, 0.05) is 28.8 Å². The number of amides is 2. The largest absolute Gasteiger partial charge is 0.573 e. The summed E-state index contributed by atoms with van der Waals surface area (Å²) in [6.07, 6.45) is 0.344. The highest BCUT2D eigenvalue weighted by Gasteiger charge is 2.57. The second kappa shape index (κ2) is 17.9. The van der Waals surface area contributed by atoms with Crippen molar-refractivity contribution in [3.63, 3.8) is 0 Å². The van der Waals surface area contributed by atoms with Crippen LogP contribution in [0.5, 0.6) is 5.75 Å². The summed E-state index contributed by atoms with van der Waals surface area (Å²) < 4.78 is 43.0. The van der Waals surface area contributed by atoms with E-state index in [0.29, 0.717) is 67.3 Å². The van der Waals surface area contributed by atoms with Crippen LogP contribution in [0.3, 0.4) is 0 Å². The van der Waals surface area contributed by atoms with Crippen LogP contribution in [0, 0.1) is 5.41 Å². The van der Waals surface area contributed by atoms with Crippen LogP contribution in [-0.4, -0.2) is 51.5 Å². The molecule has 60 heavy (non-hydrogen) atoms. The van der Waals surface area contributed by atoms with Crippen LogP contribution < -0.4 is 10.1 Å². The van der Waals surface area contributed by atoms with E-state index in [4.69, 9.17) is 0 Å². The van der Waals surface area contributed by atoms with Crippen LogP contribution in [-0.2, 0) is 13.0 Å². The molecule has 8 rings (SSSR count). The highest BCUT2D eigenvalue weighted by atomic mass is 19.4. The monoisotopic (exact) mass is 816 g/mol.